The van der Waals surface area contributed by atoms with Gasteiger partial charge in [0.15, 0.2) is 0 Å². The number of carboxylic acid groups (broad SMARTS) is 1. The van der Waals surface area contributed by atoms with Crippen molar-refractivity contribution in [1.29, 1.82) is 0 Å². The van der Waals surface area contributed by atoms with Crippen LogP contribution in [-0.4, -0.2) is 24.5 Å². The molecule has 0 spiro atoms. The largest absolute Gasteiger partial charge is 0.477 e. The van der Waals surface area contributed by atoms with Crippen LogP contribution >= 0.6 is 22.7 Å². The number of hydrogen-bond acceptors (Lipinski definition) is 6. The first-order valence-corrected chi connectivity index (χ1v) is 8.31. The molecule has 0 amide bonds. The molecule has 2 aromatic rings. The number of aryl methyl sites for hydroxylation is 1. The summed E-state index contributed by atoms with van der Waals surface area (Å²) in [5.74, 6) is -1.05. The second-order valence-electron chi connectivity index (χ2n) is 3.58. The van der Waals surface area contributed by atoms with Crippen LogP contribution in [0.25, 0.3) is 0 Å². The van der Waals surface area contributed by atoms with Gasteiger partial charge in [-0.15, -0.1) is 22.7 Å². The van der Waals surface area contributed by atoms with Gasteiger partial charge in [-0.1, -0.05) is 6.07 Å². The summed E-state index contributed by atoms with van der Waals surface area (Å²) in [6.07, 6.45) is 0. The maximum Gasteiger partial charge on any atom is 0.347 e. The van der Waals surface area contributed by atoms with Crippen molar-refractivity contribution in [2.75, 3.05) is 0 Å². The van der Waals surface area contributed by atoms with Gasteiger partial charge in [0, 0.05) is 0 Å². The van der Waals surface area contributed by atoms with Gasteiger partial charge < -0.3 is 5.11 Å². The number of carbonyl (C=O) groups is 1. The summed E-state index contributed by atoms with van der Waals surface area (Å²) in [6.45, 7) is 1.57. The Kier molecular flexibility index (Phi) is 3.99. The average Bonchev–Trinajstić information content (AvgIpc) is 2.95. The summed E-state index contributed by atoms with van der Waals surface area (Å²) in [4.78, 5) is 15.0. The summed E-state index contributed by atoms with van der Waals surface area (Å²) in [7, 11) is -3.55. The van der Waals surface area contributed by atoms with Crippen molar-refractivity contribution < 1.29 is 18.3 Å². The Morgan fingerprint density at radius 2 is 2.26 bits per heavy atom. The molecule has 0 saturated carbocycles. The van der Waals surface area contributed by atoms with Crippen LogP contribution in [0.3, 0.4) is 0 Å². The normalized spacial score (nSPS) is 11.6. The molecule has 0 fully saturated rings. The number of thiazole rings is 1. The average molecular weight is 318 g/mol. The van der Waals surface area contributed by atoms with Gasteiger partial charge in [-0.05, 0) is 18.4 Å². The van der Waals surface area contributed by atoms with Crippen LogP contribution in [0.4, 0.5) is 0 Å². The molecular weight excluding hydrogens is 308 g/mol. The molecule has 0 bridgehead atoms. The maximum atomic E-state index is 11.9. The molecule has 0 unspecified atom stereocenters. The molecule has 0 aromatic carbocycles. The highest BCUT2D eigenvalue weighted by molar-refractivity contribution is 7.91. The van der Waals surface area contributed by atoms with E-state index < -0.39 is 16.0 Å². The van der Waals surface area contributed by atoms with E-state index in [1.54, 1.807) is 18.4 Å². The Morgan fingerprint density at radius 3 is 2.79 bits per heavy atom. The lowest BCUT2D eigenvalue weighted by atomic mass is 10.4. The molecule has 0 saturated heterocycles. The number of nitrogens with zero attached hydrogens (tertiary/aromatic N) is 1. The zero-order valence-electron chi connectivity index (χ0n) is 9.78. The Bertz CT molecular complexity index is 688. The van der Waals surface area contributed by atoms with Gasteiger partial charge in [0.25, 0.3) is 0 Å². The van der Waals surface area contributed by atoms with Crippen molar-refractivity contribution in [3.05, 3.63) is 33.1 Å². The topological polar surface area (TPSA) is 96.4 Å². The second-order valence-corrected chi connectivity index (χ2v) is 7.61. The number of nitrogens with one attached hydrogen (secondary N) is 1. The molecule has 9 heteroatoms. The summed E-state index contributed by atoms with van der Waals surface area (Å²) in [5, 5.41) is 11.0. The molecule has 19 heavy (non-hydrogen) atoms. The van der Waals surface area contributed by atoms with Crippen LogP contribution in [0.2, 0.25) is 0 Å². The van der Waals surface area contributed by atoms with E-state index in [0.717, 1.165) is 22.7 Å². The highest BCUT2D eigenvalue weighted by Crippen LogP contribution is 2.19. The first-order valence-electron chi connectivity index (χ1n) is 5.13. The van der Waals surface area contributed by atoms with Crippen molar-refractivity contribution in [3.63, 3.8) is 0 Å². The van der Waals surface area contributed by atoms with Gasteiger partial charge in [-0.2, -0.15) is 0 Å². The Hall–Kier alpha value is -1.29. The molecule has 0 aliphatic heterocycles. The SMILES string of the molecule is Cc1nc(CNS(=O)(=O)c2cccs2)sc1C(=O)O. The first kappa shape index (κ1) is 14.1. The molecule has 2 heterocycles. The minimum atomic E-state index is -3.55. The van der Waals surface area contributed by atoms with Crippen LogP contribution in [0.15, 0.2) is 21.7 Å². The number of thiophene rings is 1. The highest BCUT2D eigenvalue weighted by atomic mass is 32.2. The van der Waals surface area contributed by atoms with Crippen LogP contribution < -0.4 is 4.72 Å². The van der Waals surface area contributed by atoms with Gasteiger partial charge in [0.1, 0.15) is 14.1 Å². The lowest BCUT2D eigenvalue weighted by Crippen LogP contribution is -2.22. The van der Waals surface area contributed by atoms with Crippen LogP contribution in [0.1, 0.15) is 20.4 Å². The predicted octanol–water partition coefficient (Wildman–Crippen LogP) is 1.69. The van der Waals surface area contributed by atoms with E-state index in [1.165, 1.54) is 6.07 Å². The molecule has 0 aliphatic rings. The third kappa shape index (κ3) is 3.18. The second kappa shape index (κ2) is 5.37. The Labute approximate surface area is 117 Å². The molecule has 102 valence electrons. The molecule has 0 atom stereocenters. The van der Waals surface area contributed by atoms with Crippen molar-refractivity contribution in [1.82, 2.24) is 9.71 Å². The molecule has 2 aromatic heterocycles. The molecule has 0 radical (unpaired) electrons. The van der Waals surface area contributed by atoms with E-state index in [4.69, 9.17) is 5.11 Å². The standard InChI is InChI=1S/C10H10N2O4S3/c1-6-9(10(13)14)18-7(12-6)5-11-19(15,16)8-3-2-4-17-8/h2-4,11H,5H2,1H3,(H,13,14). The maximum absolute atomic E-state index is 11.9. The summed E-state index contributed by atoms with van der Waals surface area (Å²) >= 11 is 2.09. The van der Waals surface area contributed by atoms with Crippen LogP contribution in [-0.2, 0) is 16.6 Å². The quantitative estimate of drug-likeness (QED) is 0.874. The van der Waals surface area contributed by atoms with E-state index >= 15 is 0 Å². The van der Waals surface area contributed by atoms with Crippen LogP contribution in [0.5, 0.6) is 0 Å². The van der Waals surface area contributed by atoms with Crippen molar-refractivity contribution in [2.45, 2.75) is 17.7 Å². The lowest BCUT2D eigenvalue weighted by Gasteiger charge is -2.01. The van der Waals surface area contributed by atoms with E-state index in [1.807, 2.05) is 0 Å². The van der Waals surface area contributed by atoms with E-state index in [2.05, 4.69) is 9.71 Å². The fraction of sp³-hybridized carbons (Fsp3) is 0.200. The van der Waals surface area contributed by atoms with Crippen molar-refractivity contribution in [2.24, 2.45) is 0 Å². The van der Waals surface area contributed by atoms with Crippen molar-refractivity contribution >= 4 is 38.7 Å². The molecule has 2 N–H and O–H groups in total. The fourth-order valence-corrected chi connectivity index (χ4v) is 4.33. The van der Waals surface area contributed by atoms with Crippen molar-refractivity contribution in [3.8, 4) is 0 Å². The highest BCUT2D eigenvalue weighted by Gasteiger charge is 2.18. The number of hydrogen-bond donors (Lipinski definition) is 2. The van der Waals surface area contributed by atoms with Gasteiger partial charge >= 0.3 is 5.97 Å². The molecule has 2 rings (SSSR count). The summed E-state index contributed by atoms with van der Waals surface area (Å²) in [6, 6.07) is 3.15. The van der Waals surface area contributed by atoms with Gasteiger partial charge in [0.2, 0.25) is 10.0 Å². The van der Waals surface area contributed by atoms with E-state index in [-0.39, 0.29) is 15.6 Å². The minimum absolute atomic E-state index is 0.0149. The van der Waals surface area contributed by atoms with Gasteiger partial charge in [-0.25, -0.2) is 22.9 Å². The van der Waals surface area contributed by atoms with E-state index in [0.29, 0.717) is 10.7 Å². The number of carboxylic acids is 1. The molecular formula is C10H10N2O4S3. The fourth-order valence-electron chi connectivity index (χ4n) is 1.37. The number of aromatic nitrogens is 1. The van der Waals surface area contributed by atoms with Gasteiger partial charge in [-0.3, -0.25) is 0 Å². The minimum Gasteiger partial charge on any atom is -0.477 e. The molecule has 6 nitrogen and oxygen atoms in total. The summed E-state index contributed by atoms with van der Waals surface area (Å²) in [5.41, 5.74) is 0.392. The number of sulfonamides is 1. The third-order valence-corrected chi connectivity index (χ3v) is 6.15. The Balaban J connectivity index is 2.11. The third-order valence-electron chi connectivity index (χ3n) is 2.21. The van der Waals surface area contributed by atoms with E-state index in [9.17, 15) is 13.2 Å². The molecule has 0 aliphatic carbocycles. The zero-order valence-corrected chi connectivity index (χ0v) is 12.2. The monoisotopic (exact) mass is 318 g/mol. The first-order chi connectivity index (χ1) is 8.90. The van der Waals surface area contributed by atoms with Crippen LogP contribution in [0, 0.1) is 6.92 Å². The number of aromatic carboxylic acids is 1. The zero-order chi connectivity index (χ0) is 14.0. The number of rotatable bonds is 5. The Morgan fingerprint density at radius 1 is 1.53 bits per heavy atom. The smallest absolute Gasteiger partial charge is 0.347 e. The lowest BCUT2D eigenvalue weighted by molar-refractivity contribution is 0.0701. The summed E-state index contributed by atoms with van der Waals surface area (Å²) < 4.78 is 26.3. The predicted molar refractivity (Wildman–Crippen MR) is 72.2 cm³/mol. The van der Waals surface area contributed by atoms with Gasteiger partial charge in [0.05, 0.1) is 12.2 Å².